The van der Waals surface area contributed by atoms with Gasteiger partial charge in [0.1, 0.15) is 5.75 Å². The van der Waals surface area contributed by atoms with Crippen LogP contribution in [-0.4, -0.2) is 24.7 Å². The van der Waals surface area contributed by atoms with Gasteiger partial charge in [0, 0.05) is 5.56 Å². The molecular formula is C26H23NO4. The van der Waals surface area contributed by atoms with E-state index in [-0.39, 0.29) is 18.3 Å². The predicted octanol–water partition coefficient (Wildman–Crippen LogP) is 4.84. The third kappa shape index (κ3) is 4.46. The van der Waals surface area contributed by atoms with Gasteiger partial charge in [0.15, 0.2) is 18.1 Å². The molecule has 4 aromatic rings. The lowest BCUT2D eigenvalue weighted by Gasteiger charge is -2.23. The number of phenolic OH excluding ortho intramolecular Hbond substituents is 1. The average Bonchev–Trinajstić information content (AvgIpc) is 2.82. The minimum absolute atomic E-state index is 0.124. The molecular weight excluding hydrogens is 390 g/mol. The number of carbonyl (C=O) groups is 1. The smallest absolute Gasteiger partial charge is 0.258 e. The van der Waals surface area contributed by atoms with Gasteiger partial charge in [-0.2, -0.15) is 0 Å². The summed E-state index contributed by atoms with van der Waals surface area (Å²) < 4.78 is 11.0. The van der Waals surface area contributed by atoms with Crippen molar-refractivity contribution in [2.24, 2.45) is 0 Å². The molecule has 0 aromatic heterocycles. The molecule has 1 atom stereocenters. The molecule has 0 fully saturated rings. The third-order valence-electron chi connectivity index (χ3n) is 5.10. The SMILES string of the molecule is COc1ccccc1OCC(=O)NC(c1ccccc1)c1c(O)ccc2ccccc12. The van der Waals surface area contributed by atoms with Crippen LogP contribution in [0.5, 0.6) is 17.2 Å². The first kappa shape index (κ1) is 20.3. The molecule has 0 aliphatic carbocycles. The van der Waals surface area contributed by atoms with Crippen LogP contribution in [0.2, 0.25) is 0 Å². The lowest BCUT2D eigenvalue weighted by molar-refractivity contribution is -0.123. The highest BCUT2D eigenvalue weighted by Gasteiger charge is 2.22. The van der Waals surface area contributed by atoms with Gasteiger partial charge < -0.3 is 19.9 Å². The van der Waals surface area contributed by atoms with Gasteiger partial charge >= 0.3 is 0 Å². The molecule has 0 bridgehead atoms. The van der Waals surface area contributed by atoms with E-state index in [0.29, 0.717) is 17.1 Å². The summed E-state index contributed by atoms with van der Waals surface area (Å²) in [6.45, 7) is -0.185. The van der Waals surface area contributed by atoms with E-state index in [9.17, 15) is 9.90 Å². The van der Waals surface area contributed by atoms with Crippen molar-refractivity contribution in [1.29, 1.82) is 0 Å². The molecule has 0 saturated carbocycles. The largest absolute Gasteiger partial charge is 0.508 e. The molecule has 2 N–H and O–H groups in total. The highest BCUT2D eigenvalue weighted by Crippen LogP contribution is 2.35. The van der Waals surface area contributed by atoms with E-state index in [2.05, 4.69) is 5.32 Å². The van der Waals surface area contributed by atoms with E-state index >= 15 is 0 Å². The van der Waals surface area contributed by atoms with E-state index < -0.39 is 6.04 Å². The molecule has 5 nitrogen and oxygen atoms in total. The van der Waals surface area contributed by atoms with Crippen LogP contribution in [0.15, 0.2) is 91.0 Å². The Morgan fingerprint density at radius 3 is 2.32 bits per heavy atom. The van der Waals surface area contributed by atoms with Crippen molar-refractivity contribution in [3.63, 3.8) is 0 Å². The summed E-state index contributed by atoms with van der Waals surface area (Å²) in [6.07, 6.45) is 0. The highest BCUT2D eigenvalue weighted by atomic mass is 16.5. The normalized spacial score (nSPS) is 11.6. The molecule has 0 radical (unpaired) electrons. The Hall–Kier alpha value is -3.99. The van der Waals surface area contributed by atoms with Crippen molar-refractivity contribution in [1.82, 2.24) is 5.32 Å². The van der Waals surface area contributed by atoms with Crippen LogP contribution in [0, 0.1) is 0 Å². The van der Waals surface area contributed by atoms with Crippen LogP contribution < -0.4 is 14.8 Å². The number of aromatic hydroxyl groups is 1. The first-order valence-electron chi connectivity index (χ1n) is 9.98. The highest BCUT2D eigenvalue weighted by molar-refractivity contribution is 5.89. The molecule has 0 heterocycles. The standard InChI is InChI=1S/C26H23NO4/c1-30-22-13-7-8-14-23(22)31-17-24(29)27-26(19-10-3-2-4-11-19)25-20-12-6-5-9-18(20)15-16-21(25)28/h2-16,26,28H,17H2,1H3,(H,27,29). The fourth-order valence-electron chi connectivity index (χ4n) is 3.64. The number of phenols is 1. The Balaban J connectivity index is 1.65. The maximum atomic E-state index is 12.9. The van der Waals surface area contributed by atoms with Gasteiger partial charge in [-0.25, -0.2) is 0 Å². The van der Waals surface area contributed by atoms with Crippen LogP contribution in [0.1, 0.15) is 17.2 Å². The molecule has 1 amide bonds. The number of carbonyl (C=O) groups excluding carboxylic acids is 1. The zero-order valence-electron chi connectivity index (χ0n) is 17.1. The van der Waals surface area contributed by atoms with Gasteiger partial charge in [0.2, 0.25) is 0 Å². The van der Waals surface area contributed by atoms with Crippen molar-refractivity contribution < 1.29 is 19.4 Å². The molecule has 0 saturated heterocycles. The zero-order valence-corrected chi connectivity index (χ0v) is 17.1. The first-order valence-corrected chi connectivity index (χ1v) is 9.98. The summed E-state index contributed by atoms with van der Waals surface area (Å²) >= 11 is 0. The Morgan fingerprint density at radius 2 is 1.55 bits per heavy atom. The number of nitrogens with one attached hydrogen (secondary N) is 1. The fraction of sp³-hybridized carbons (Fsp3) is 0.115. The Morgan fingerprint density at radius 1 is 0.871 bits per heavy atom. The number of benzene rings is 4. The van der Waals surface area contributed by atoms with Gasteiger partial charge in [-0.1, -0.05) is 72.8 Å². The second kappa shape index (κ2) is 9.22. The van der Waals surface area contributed by atoms with Crippen LogP contribution in [0.3, 0.4) is 0 Å². The van der Waals surface area contributed by atoms with E-state index in [0.717, 1.165) is 16.3 Å². The van der Waals surface area contributed by atoms with Crippen molar-refractivity contribution >= 4 is 16.7 Å². The minimum atomic E-state index is -0.541. The van der Waals surface area contributed by atoms with E-state index in [1.807, 2.05) is 72.8 Å². The van der Waals surface area contributed by atoms with Gasteiger partial charge in [-0.05, 0) is 34.5 Å². The fourth-order valence-corrected chi connectivity index (χ4v) is 3.64. The maximum Gasteiger partial charge on any atom is 0.258 e. The number of hydrogen-bond acceptors (Lipinski definition) is 4. The minimum Gasteiger partial charge on any atom is -0.508 e. The van der Waals surface area contributed by atoms with E-state index in [1.54, 1.807) is 25.3 Å². The number of para-hydroxylation sites is 2. The summed E-state index contributed by atoms with van der Waals surface area (Å²) in [6, 6.07) is 27.5. The van der Waals surface area contributed by atoms with Crippen molar-refractivity contribution in [3.05, 3.63) is 102 Å². The molecule has 1 unspecified atom stereocenters. The zero-order chi connectivity index (χ0) is 21.6. The van der Waals surface area contributed by atoms with E-state index in [4.69, 9.17) is 9.47 Å². The second-order valence-corrected chi connectivity index (χ2v) is 7.07. The summed E-state index contributed by atoms with van der Waals surface area (Å²) in [5.41, 5.74) is 1.51. The van der Waals surface area contributed by atoms with Gasteiger partial charge in [0.25, 0.3) is 5.91 Å². The first-order chi connectivity index (χ1) is 15.2. The summed E-state index contributed by atoms with van der Waals surface area (Å²) in [4.78, 5) is 12.9. The molecule has 4 rings (SSSR count). The third-order valence-corrected chi connectivity index (χ3v) is 5.10. The van der Waals surface area contributed by atoms with Crippen LogP contribution in [0.4, 0.5) is 0 Å². The number of rotatable bonds is 7. The van der Waals surface area contributed by atoms with Gasteiger partial charge in [0.05, 0.1) is 13.2 Å². The topological polar surface area (TPSA) is 67.8 Å². The Kier molecular flexibility index (Phi) is 6.03. The molecule has 156 valence electrons. The van der Waals surface area contributed by atoms with Gasteiger partial charge in [-0.15, -0.1) is 0 Å². The quantitative estimate of drug-likeness (QED) is 0.455. The molecule has 0 aliphatic rings. The second-order valence-electron chi connectivity index (χ2n) is 7.07. The van der Waals surface area contributed by atoms with Crippen molar-refractivity contribution in [2.45, 2.75) is 6.04 Å². The number of methoxy groups -OCH3 is 1. The summed E-state index contributed by atoms with van der Waals surface area (Å²) in [5, 5.41) is 15.6. The predicted molar refractivity (Wildman–Crippen MR) is 121 cm³/mol. The van der Waals surface area contributed by atoms with Crippen LogP contribution >= 0.6 is 0 Å². The van der Waals surface area contributed by atoms with Crippen molar-refractivity contribution in [2.75, 3.05) is 13.7 Å². The maximum absolute atomic E-state index is 12.9. The van der Waals surface area contributed by atoms with Crippen LogP contribution in [0.25, 0.3) is 10.8 Å². The molecule has 31 heavy (non-hydrogen) atoms. The van der Waals surface area contributed by atoms with E-state index in [1.165, 1.54) is 0 Å². The lowest BCUT2D eigenvalue weighted by Crippen LogP contribution is -2.33. The number of amides is 1. The molecule has 5 heteroatoms. The van der Waals surface area contributed by atoms with Gasteiger partial charge in [-0.3, -0.25) is 4.79 Å². The molecule has 0 spiro atoms. The summed E-state index contributed by atoms with van der Waals surface area (Å²) in [5.74, 6) is 0.858. The number of hydrogen-bond donors (Lipinski definition) is 2. The molecule has 0 aliphatic heterocycles. The monoisotopic (exact) mass is 413 g/mol. The average molecular weight is 413 g/mol. The lowest BCUT2D eigenvalue weighted by atomic mass is 9.92. The Labute approximate surface area is 180 Å². The molecule has 4 aromatic carbocycles. The number of ether oxygens (including phenoxy) is 2. The number of fused-ring (bicyclic) bond motifs is 1. The van der Waals surface area contributed by atoms with Crippen LogP contribution in [-0.2, 0) is 4.79 Å². The summed E-state index contributed by atoms with van der Waals surface area (Å²) in [7, 11) is 1.55. The van der Waals surface area contributed by atoms with Crippen molar-refractivity contribution in [3.8, 4) is 17.2 Å². The Bertz CT molecular complexity index is 1190.